The van der Waals surface area contributed by atoms with Crippen LogP contribution in [-0.4, -0.2) is 11.3 Å². The van der Waals surface area contributed by atoms with Gasteiger partial charge in [0.05, 0.1) is 0 Å². The normalized spacial score (nSPS) is 22.9. The van der Waals surface area contributed by atoms with Gasteiger partial charge in [-0.15, -0.1) is 0 Å². The third-order valence-electron chi connectivity index (χ3n) is 5.64. The average Bonchev–Trinajstić information content (AvgIpc) is 2.57. The third-order valence-corrected chi connectivity index (χ3v) is 9.21. The van der Waals surface area contributed by atoms with Gasteiger partial charge in [0.2, 0.25) is 0 Å². The van der Waals surface area contributed by atoms with Gasteiger partial charge in [-0.25, -0.2) is 0 Å². The Morgan fingerprint density at radius 1 is 0.864 bits per heavy atom. The molecule has 0 bridgehead atoms. The largest absolute Gasteiger partial charge is 0.324 e. The predicted octanol–water partition coefficient (Wildman–Crippen LogP) is 5.48. The first-order chi connectivity index (χ1) is 10.8. The summed E-state index contributed by atoms with van der Waals surface area (Å²) in [6.45, 7) is 2.16. The summed E-state index contributed by atoms with van der Waals surface area (Å²) in [5.41, 5.74) is 9.69. The molecule has 1 aromatic carbocycles. The Kier molecular flexibility index (Phi) is 5.94. The number of nitrogens with two attached hydrogens (primary N) is 1. The fourth-order valence-corrected chi connectivity index (χ4v) is 8.58. The van der Waals surface area contributed by atoms with E-state index in [-0.39, 0.29) is 14.0 Å². The summed E-state index contributed by atoms with van der Waals surface area (Å²) in [4.78, 5) is 0. The summed E-state index contributed by atoms with van der Waals surface area (Å²) in [5.74, 6) is 0. The van der Waals surface area contributed by atoms with E-state index in [1.807, 2.05) is 0 Å². The van der Waals surface area contributed by atoms with E-state index in [9.17, 15) is 0 Å². The molecule has 0 spiro atoms. The van der Waals surface area contributed by atoms with Gasteiger partial charge >= 0.3 is 0 Å². The molecule has 1 aromatic rings. The van der Waals surface area contributed by atoms with Crippen molar-refractivity contribution in [2.24, 2.45) is 5.73 Å². The van der Waals surface area contributed by atoms with Gasteiger partial charge in [-0.1, -0.05) is 70.7 Å². The van der Waals surface area contributed by atoms with Crippen LogP contribution in [-0.2, 0) is 0 Å². The van der Waals surface area contributed by atoms with E-state index in [0.29, 0.717) is 0 Å². The van der Waals surface area contributed by atoms with Gasteiger partial charge < -0.3 is 5.73 Å². The first-order valence-corrected chi connectivity index (χ1v) is 10.9. The van der Waals surface area contributed by atoms with Crippen molar-refractivity contribution >= 4 is 13.2 Å². The Morgan fingerprint density at radius 2 is 1.36 bits per heavy atom. The molecule has 2 N–H and O–H groups in total. The van der Waals surface area contributed by atoms with Crippen molar-refractivity contribution in [1.82, 2.24) is 0 Å². The zero-order valence-electron chi connectivity index (χ0n) is 14.1. The van der Waals surface area contributed by atoms with Crippen molar-refractivity contribution in [3.05, 3.63) is 29.8 Å². The summed E-state index contributed by atoms with van der Waals surface area (Å²) >= 11 is 0. The Labute approximate surface area is 137 Å². The molecule has 2 saturated carbocycles. The minimum absolute atomic E-state index is 0.0253. The maximum atomic E-state index is 6.32. The number of hydrogen-bond acceptors (Lipinski definition) is 1. The molecule has 3 rings (SSSR count). The van der Waals surface area contributed by atoms with E-state index in [2.05, 4.69) is 31.2 Å². The molecule has 2 heteroatoms. The van der Waals surface area contributed by atoms with Crippen LogP contribution in [0.5, 0.6) is 0 Å². The van der Waals surface area contributed by atoms with Crippen LogP contribution in [0.15, 0.2) is 24.3 Å². The molecule has 0 aliphatic heterocycles. The fourth-order valence-electron chi connectivity index (χ4n) is 4.52. The van der Waals surface area contributed by atoms with Gasteiger partial charge in [-0.2, -0.15) is 0 Å². The molecule has 1 atom stereocenters. The van der Waals surface area contributed by atoms with Gasteiger partial charge in [0.15, 0.2) is 0 Å². The van der Waals surface area contributed by atoms with Crippen LogP contribution in [0, 0.1) is 0 Å². The monoisotopic (exact) mass is 317 g/mol. The fraction of sp³-hybridized carbons (Fsp3) is 0.700. The lowest BCUT2D eigenvalue weighted by Crippen LogP contribution is -2.29. The lowest BCUT2D eigenvalue weighted by molar-refractivity contribution is 0.487. The van der Waals surface area contributed by atoms with E-state index in [4.69, 9.17) is 5.73 Å². The van der Waals surface area contributed by atoms with Gasteiger partial charge in [-0.05, 0) is 54.8 Å². The van der Waals surface area contributed by atoms with Crippen molar-refractivity contribution in [3.63, 3.8) is 0 Å². The second-order valence-corrected chi connectivity index (χ2v) is 10.1. The molecule has 1 nitrogen and oxygen atoms in total. The Bertz CT molecular complexity index is 441. The van der Waals surface area contributed by atoms with Crippen molar-refractivity contribution in [3.8, 4) is 0 Å². The van der Waals surface area contributed by atoms with Gasteiger partial charge in [0.25, 0.3) is 0 Å². The molecule has 2 aliphatic rings. The number of rotatable bonds is 4. The summed E-state index contributed by atoms with van der Waals surface area (Å²) in [7, 11) is -0.0253. The first-order valence-electron chi connectivity index (χ1n) is 9.40. The molecule has 0 aromatic heterocycles. The summed E-state index contributed by atoms with van der Waals surface area (Å²) < 4.78 is 0. The highest BCUT2D eigenvalue weighted by atomic mass is 31.1. The van der Waals surface area contributed by atoms with E-state index < -0.39 is 0 Å². The lowest BCUT2D eigenvalue weighted by Gasteiger charge is -2.40. The van der Waals surface area contributed by atoms with E-state index in [1.165, 1.54) is 69.8 Å². The van der Waals surface area contributed by atoms with Crippen LogP contribution >= 0.6 is 7.92 Å². The second kappa shape index (κ2) is 7.93. The molecule has 22 heavy (non-hydrogen) atoms. The van der Waals surface area contributed by atoms with Crippen LogP contribution in [0.4, 0.5) is 0 Å². The zero-order chi connectivity index (χ0) is 15.4. The van der Waals surface area contributed by atoms with Gasteiger partial charge in [-0.3, -0.25) is 0 Å². The second-order valence-electron chi connectivity index (χ2n) is 7.34. The molecule has 0 heterocycles. The summed E-state index contributed by atoms with van der Waals surface area (Å²) in [5, 5.41) is 1.66. The van der Waals surface area contributed by atoms with Crippen molar-refractivity contribution in [2.75, 3.05) is 0 Å². The minimum Gasteiger partial charge on any atom is -0.324 e. The Morgan fingerprint density at radius 3 is 1.86 bits per heavy atom. The highest BCUT2D eigenvalue weighted by Crippen LogP contribution is 2.55. The number of benzene rings is 1. The molecule has 1 unspecified atom stereocenters. The topological polar surface area (TPSA) is 26.0 Å². The highest BCUT2D eigenvalue weighted by Gasteiger charge is 2.33. The minimum atomic E-state index is -0.0253. The Balaban J connectivity index is 1.93. The highest BCUT2D eigenvalue weighted by molar-refractivity contribution is 7.67. The maximum Gasteiger partial charge on any atom is 0.0272 e. The molecule has 2 fully saturated rings. The summed E-state index contributed by atoms with van der Waals surface area (Å²) in [6.07, 6.45) is 14.6. The van der Waals surface area contributed by atoms with Gasteiger partial charge in [0, 0.05) is 6.04 Å². The van der Waals surface area contributed by atoms with Crippen molar-refractivity contribution < 1.29 is 0 Å². The average molecular weight is 317 g/mol. The SMILES string of the molecule is CC(N)c1ccccc1P(C1CCCCC1)C1CCCCC1. The first kappa shape index (κ1) is 16.5. The molecular formula is C20H32NP. The Hall–Kier alpha value is -0.390. The van der Waals surface area contributed by atoms with Crippen LogP contribution in [0.25, 0.3) is 0 Å². The van der Waals surface area contributed by atoms with E-state index in [0.717, 1.165) is 11.3 Å². The smallest absolute Gasteiger partial charge is 0.0272 e. The van der Waals surface area contributed by atoms with Crippen LogP contribution < -0.4 is 11.0 Å². The summed E-state index contributed by atoms with van der Waals surface area (Å²) in [6, 6.07) is 9.32. The third kappa shape index (κ3) is 3.74. The molecule has 0 radical (unpaired) electrons. The van der Waals surface area contributed by atoms with Crippen LogP contribution in [0.1, 0.15) is 82.7 Å². The van der Waals surface area contributed by atoms with Crippen LogP contribution in [0.2, 0.25) is 0 Å². The lowest BCUT2D eigenvalue weighted by atomic mass is 9.99. The molecular weight excluding hydrogens is 285 g/mol. The van der Waals surface area contributed by atoms with E-state index in [1.54, 1.807) is 5.30 Å². The molecule has 0 amide bonds. The number of hydrogen-bond donors (Lipinski definition) is 1. The quantitative estimate of drug-likeness (QED) is 0.731. The molecule has 2 aliphatic carbocycles. The molecule has 0 saturated heterocycles. The standard InChI is InChI=1S/C20H32NP/c1-16(21)19-14-8-9-15-20(19)22(17-10-4-2-5-11-17)18-12-6-3-7-13-18/h8-9,14-18H,2-7,10-13,21H2,1H3. The van der Waals surface area contributed by atoms with Gasteiger partial charge in [0.1, 0.15) is 0 Å². The van der Waals surface area contributed by atoms with E-state index >= 15 is 0 Å². The van der Waals surface area contributed by atoms with Crippen molar-refractivity contribution in [1.29, 1.82) is 0 Å². The zero-order valence-corrected chi connectivity index (χ0v) is 15.0. The maximum absolute atomic E-state index is 6.32. The predicted molar refractivity (Wildman–Crippen MR) is 99.3 cm³/mol. The van der Waals surface area contributed by atoms with Crippen molar-refractivity contribution in [2.45, 2.75) is 88.5 Å². The molecule has 122 valence electrons. The van der Waals surface area contributed by atoms with Crippen LogP contribution in [0.3, 0.4) is 0 Å².